The molecule has 9 nitrogen and oxygen atoms in total. The number of hydrogen-bond acceptors (Lipinski definition) is 8. The first-order chi connectivity index (χ1) is 20.2. The van der Waals surface area contributed by atoms with E-state index in [0.717, 1.165) is 22.4 Å². The highest BCUT2D eigenvalue weighted by Crippen LogP contribution is 2.37. The van der Waals surface area contributed by atoms with E-state index in [4.69, 9.17) is 35.5 Å². The Labute approximate surface area is 249 Å². The first kappa shape index (κ1) is 30.6. The van der Waals surface area contributed by atoms with Gasteiger partial charge in [-0.25, -0.2) is 9.78 Å². The first-order valence-corrected chi connectivity index (χ1v) is 14.1. The smallest absolute Gasteiger partial charge is 0.344 e. The van der Waals surface area contributed by atoms with Gasteiger partial charge < -0.3 is 18.9 Å². The van der Waals surface area contributed by atoms with Gasteiger partial charge in [-0.15, -0.1) is 0 Å². The van der Waals surface area contributed by atoms with Gasteiger partial charge in [0.25, 0.3) is 5.56 Å². The number of hydrogen-bond donors (Lipinski definition) is 0. The summed E-state index contributed by atoms with van der Waals surface area (Å²) in [6.07, 6.45) is 1.50. The van der Waals surface area contributed by atoms with Crippen LogP contribution in [0.4, 0.5) is 0 Å². The van der Waals surface area contributed by atoms with E-state index in [0.29, 0.717) is 34.6 Å². The summed E-state index contributed by atoms with van der Waals surface area (Å²) < 4.78 is 23.1. The van der Waals surface area contributed by atoms with Crippen LogP contribution < -0.4 is 19.8 Å². The molecule has 1 heterocycles. The number of methoxy groups -OCH3 is 1. The Balaban J connectivity index is 1.84. The Hall–Kier alpha value is -4.37. The summed E-state index contributed by atoms with van der Waals surface area (Å²) in [4.78, 5) is 30.4. The molecule has 0 unspecified atom stereocenters. The molecule has 0 radical (unpaired) electrons. The van der Waals surface area contributed by atoms with E-state index in [1.165, 1.54) is 18.0 Å². The van der Waals surface area contributed by atoms with Crippen LogP contribution in [0, 0.1) is 6.92 Å². The van der Waals surface area contributed by atoms with Crippen LogP contribution >= 0.6 is 11.6 Å². The fourth-order valence-electron chi connectivity index (χ4n) is 4.49. The molecule has 0 spiro atoms. The number of aromatic nitrogens is 2. The lowest BCUT2D eigenvalue weighted by Gasteiger charge is -2.18. The second-order valence-corrected chi connectivity index (χ2v) is 10.1. The molecule has 4 aromatic rings. The molecule has 0 saturated carbocycles. The van der Waals surface area contributed by atoms with E-state index >= 15 is 0 Å². The van der Waals surface area contributed by atoms with Crippen molar-refractivity contribution in [3.63, 3.8) is 0 Å². The first-order valence-electron chi connectivity index (χ1n) is 13.7. The maximum atomic E-state index is 13.8. The molecule has 0 aliphatic heterocycles. The molecule has 0 aliphatic rings. The highest BCUT2D eigenvalue weighted by Gasteiger charge is 2.19. The Kier molecular flexibility index (Phi) is 9.85. The SMILES string of the molecule is CCOC(=O)COc1c(Cl)cc(C=Nn2c(-c3cc(C(C)C)c(OCC)cc3C)nc3ccccc3c2=O)cc1OC. The largest absolute Gasteiger partial charge is 0.494 e. The second kappa shape index (κ2) is 13.5. The summed E-state index contributed by atoms with van der Waals surface area (Å²) in [7, 11) is 1.46. The molecule has 0 amide bonds. The Morgan fingerprint density at radius 3 is 2.52 bits per heavy atom. The Morgan fingerprint density at radius 1 is 1.07 bits per heavy atom. The van der Waals surface area contributed by atoms with Gasteiger partial charge in [-0.3, -0.25) is 4.79 Å². The summed E-state index contributed by atoms with van der Waals surface area (Å²) >= 11 is 6.49. The molecule has 1 aromatic heterocycles. The van der Waals surface area contributed by atoms with E-state index in [-0.39, 0.29) is 35.5 Å². The molecule has 10 heteroatoms. The minimum atomic E-state index is -0.526. The number of para-hydroxylation sites is 1. The van der Waals surface area contributed by atoms with Gasteiger partial charge in [0.15, 0.2) is 23.9 Å². The van der Waals surface area contributed by atoms with Crippen LogP contribution in [0.25, 0.3) is 22.3 Å². The Bertz CT molecular complexity index is 1700. The lowest BCUT2D eigenvalue weighted by Crippen LogP contribution is -2.21. The van der Waals surface area contributed by atoms with Gasteiger partial charge in [-0.05, 0) is 79.8 Å². The van der Waals surface area contributed by atoms with Crippen molar-refractivity contribution in [2.45, 2.75) is 40.5 Å². The maximum absolute atomic E-state index is 13.8. The fourth-order valence-corrected chi connectivity index (χ4v) is 4.76. The summed E-state index contributed by atoms with van der Waals surface area (Å²) in [5.74, 6) is 1.34. The zero-order chi connectivity index (χ0) is 30.4. The number of fused-ring (bicyclic) bond motifs is 1. The molecule has 3 aromatic carbocycles. The van der Waals surface area contributed by atoms with Crippen molar-refractivity contribution in [2.75, 3.05) is 26.9 Å². The van der Waals surface area contributed by atoms with Crippen molar-refractivity contribution in [2.24, 2.45) is 5.10 Å². The van der Waals surface area contributed by atoms with Crippen LogP contribution in [0.1, 0.15) is 50.3 Å². The van der Waals surface area contributed by atoms with Crippen LogP contribution in [0.5, 0.6) is 17.2 Å². The highest BCUT2D eigenvalue weighted by molar-refractivity contribution is 6.32. The van der Waals surface area contributed by atoms with E-state index in [1.54, 1.807) is 37.3 Å². The van der Waals surface area contributed by atoms with Crippen molar-refractivity contribution in [3.05, 3.63) is 80.6 Å². The van der Waals surface area contributed by atoms with E-state index < -0.39 is 5.97 Å². The molecule has 4 rings (SSSR count). The molecule has 0 atom stereocenters. The third-order valence-corrected chi connectivity index (χ3v) is 6.77. The van der Waals surface area contributed by atoms with Gasteiger partial charge >= 0.3 is 5.97 Å². The number of nitrogens with zero attached hydrogens (tertiary/aromatic N) is 3. The van der Waals surface area contributed by atoms with Crippen molar-refractivity contribution in [3.8, 4) is 28.6 Å². The second-order valence-electron chi connectivity index (χ2n) is 9.73. The van der Waals surface area contributed by atoms with Crippen LogP contribution in [0.3, 0.4) is 0 Å². The zero-order valence-corrected chi connectivity index (χ0v) is 25.3. The van der Waals surface area contributed by atoms with E-state index in [9.17, 15) is 9.59 Å². The number of halogens is 1. The summed E-state index contributed by atoms with van der Waals surface area (Å²) in [6.45, 7) is 10.3. The zero-order valence-electron chi connectivity index (χ0n) is 24.6. The topological polar surface area (TPSA) is 101 Å². The normalized spacial score (nSPS) is 11.3. The predicted molar refractivity (Wildman–Crippen MR) is 165 cm³/mol. The number of rotatable bonds is 11. The number of ether oxygens (including phenoxy) is 4. The summed E-state index contributed by atoms with van der Waals surface area (Å²) in [5, 5.41) is 5.21. The minimum Gasteiger partial charge on any atom is -0.494 e. The number of benzene rings is 3. The molecule has 0 aliphatic carbocycles. The lowest BCUT2D eigenvalue weighted by atomic mass is 9.96. The lowest BCUT2D eigenvalue weighted by molar-refractivity contribution is -0.145. The van der Waals surface area contributed by atoms with Crippen molar-refractivity contribution < 1.29 is 23.7 Å². The van der Waals surface area contributed by atoms with Gasteiger partial charge in [-0.2, -0.15) is 9.78 Å². The Morgan fingerprint density at radius 2 is 1.83 bits per heavy atom. The third-order valence-electron chi connectivity index (χ3n) is 6.49. The molecule has 0 fully saturated rings. The van der Waals surface area contributed by atoms with Crippen molar-refractivity contribution in [1.29, 1.82) is 0 Å². The standard InChI is InChI=1S/C32H34ClN3O6/c1-7-40-27-13-20(5)24(16-23(27)19(3)4)31-35-26-12-10-9-11-22(26)32(38)36(31)34-17-21-14-25(33)30(28(15-21)39-6)42-18-29(37)41-8-2/h9-17,19H,7-8,18H2,1-6H3. The van der Waals surface area contributed by atoms with Gasteiger partial charge in [0.2, 0.25) is 0 Å². The summed E-state index contributed by atoms with van der Waals surface area (Å²) in [6, 6.07) is 14.4. The predicted octanol–water partition coefficient (Wildman–Crippen LogP) is 6.38. The molecule has 220 valence electrons. The van der Waals surface area contributed by atoms with Crippen LogP contribution in [-0.2, 0) is 9.53 Å². The molecule has 0 bridgehead atoms. The quantitative estimate of drug-likeness (QED) is 0.147. The maximum Gasteiger partial charge on any atom is 0.344 e. The van der Waals surface area contributed by atoms with Gasteiger partial charge in [-0.1, -0.05) is 37.6 Å². The average molecular weight is 592 g/mol. The number of carbonyl (C=O) groups excluding carboxylic acids is 1. The van der Waals surface area contributed by atoms with Crippen LogP contribution in [0.15, 0.2) is 58.4 Å². The number of esters is 1. The molecule has 42 heavy (non-hydrogen) atoms. The van der Waals surface area contributed by atoms with Gasteiger partial charge in [0, 0.05) is 5.56 Å². The molecular weight excluding hydrogens is 558 g/mol. The van der Waals surface area contributed by atoms with Crippen molar-refractivity contribution >= 4 is 34.7 Å². The van der Waals surface area contributed by atoms with E-state index in [1.807, 2.05) is 32.0 Å². The number of carbonyl (C=O) groups is 1. The fraction of sp³-hybridized carbons (Fsp3) is 0.312. The van der Waals surface area contributed by atoms with Crippen LogP contribution in [0.2, 0.25) is 5.02 Å². The molecular formula is C32H34ClN3O6. The highest BCUT2D eigenvalue weighted by atomic mass is 35.5. The van der Waals surface area contributed by atoms with Gasteiger partial charge in [0.05, 0.1) is 42.5 Å². The summed E-state index contributed by atoms with van der Waals surface area (Å²) in [5.41, 5.74) is 3.44. The molecule has 0 saturated heterocycles. The van der Waals surface area contributed by atoms with Crippen LogP contribution in [-0.4, -0.2) is 48.8 Å². The third kappa shape index (κ3) is 6.57. The van der Waals surface area contributed by atoms with Gasteiger partial charge in [0.1, 0.15) is 5.75 Å². The van der Waals surface area contributed by atoms with Crippen molar-refractivity contribution in [1.82, 2.24) is 9.66 Å². The number of aryl methyl sites for hydroxylation is 1. The van der Waals surface area contributed by atoms with E-state index in [2.05, 4.69) is 18.9 Å². The average Bonchev–Trinajstić information content (AvgIpc) is 2.96. The minimum absolute atomic E-state index is 0.175. The monoisotopic (exact) mass is 591 g/mol. The molecule has 0 N–H and O–H groups in total.